The lowest BCUT2D eigenvalue weighted by Crippen LogP contribution is -2.12. The number of benzene rings is 1. The zero-order chi connectivity index (χ0) is 13.8. The zero-order valence-electron chi connectivity index (χ0n) is 11.3. The molecule has 0 heterocycles. The van der Waals surface area contributed by atoms with Gasteiger partial charge in [0.2, 0.25) is 0 Å². The molecule has 1 rings (SSSR count). The fourth-order valence-corrected chi connectivity index (χ4v) is 1.74. The Morgan fingerprint density at radius 1 is 1.22 bits per heavy atom. The van der Waals surface area contributed by atoms with Crippen molar-refractivity contribution in [1.82, 2.24) is 0 Å². The van der Waals surface area contributed by atoms with Crippen molar-refractivity contribution in [3.63, 3.8) is 0 Å². The molecular formula is C14H20FNO2. The number of ether oxygens (including phenoxy) is 2. The van der Waals surface area contributed by atoms with E-state index in [-0.39, 0.29) is 0 Å². The highest BCUT2D eigenvalue weighted by molar-refractivity contribution is 5.61. The Bertz CT molecular complexity index is 436. The molecule has 3 nitrogen and oxygen atoms in total. The molecule has 0 amide bonds. The van der Waals surface area contributed by atoms with Crippen LogP contribution in [0, 0.1) is 0 Å². The first-order valence-corrected chi connectivity index (χ1v) is 5.76. The van der Waals surface area contributed by atoms with Gasteiger partial charge in [-0.3, -0.25) is 0 Å². The molecule has 0 saturated carbocycles. The second-order valence-corrected chi connectivity index (χ2v) is 4.40. The Hall–Kier alpha value is -1.55. The van der Waals surface area contributed by atoms with Gasteiger partial charge in [0, 0.05) is 6.54 Å². The van der Waals surface area contributed by atoms with Crippen LogP contribution in [0.25, 0.3) is 6.08 Å². The first kappa shape index (κ1) is 14.5. The van der Waals surface area contributed by atoms with Gasteiger partial charge in [-0.05, 0) is 37.1 Å². The summed E-state index contributed by atoms with van der Waals surface area (Å²) in [5.74, 6) is 1.09. The maximum atomic E-state index is 14.2. The predicted octanol–water partition coefficient (Wildman–Crippen LogP) is 2.88. The number of halogens is 1. The van der Waals surface area contributed by atoms with E-state index in [1.54, 1.807) is 31.4 Å². The molecule has 0 saturated heterocycles. The third kappa shape index (κ3) is 3.23. The van der Waals surface area contributed by atoms with Crippen molar-refractivity contribution in [2.45, 2.75) is 19.5 Å². The number of hydrogen-bond donors (Lipinski definition) is 1. The van der Waals surface area contributed by atoms with Gasteiger partial charge < -0.3 is 15.2 Å². The van der Waals surface area contributed by atoms with Crippen molar-refractivity contribution in [2.75, 3.05) is 20.8 Å². The summed E-state index contributed by atoms with van der Waals surface area (Å²) >= 11 is 0. The quantitative estimate of drug-likeness (QED) is 0.877. The Kier molecular flexibility index (Phi) is 4.73. The minimum Gasteiger partial charge on any atom is -0.493 e. The van der Waals surface area contributed by atoms with Crippen LogP contribution in [0.15, 0.2) is 18.2 Å². The van der Waals surface area contributed by atoms with Crippen molar-refractivity contribution >= 4 is 6.08 Å². The molecule has 0 aliphatic rings. The number of nitrogens with two attached hydrogens (primary N) is 1. The summed E-state index contributed by atoms with van der Waals surface area (Å²) in [5, 5.41) is 0. The van der Waals surface area contributed by atoms with E-state index in [4.69, 9.17) is 15.2 Å². The van der Waals surface area contributed by atoms with Gasteiger partial charge in [-0.2, -0.15) is 0 Å². The van der Waals surface area contributed by atoms with Crippen molar-refractivity contribution in [2.24, 2.45) is 5.73 Å². The molecular weight excluding hydrogens is 233 g/mol. The van der Waals surface area contributed by atoms with Crippen LogP contribution in [-0.4, -0.2) is 20.8 Å². The summed E-state index contributed by atoms with van der Waals surface area (Å²) in [6.45, 7) is 3.42. The Morgan fingerprint density at radius 2 is 1.78 bits per heavy atom. The van der Waals surface area contributed by atoms with E-state index < -0.39 is 5.67 Å². The van der Waals surface area contributed by atoms with Crippen molar-refractivity contribution in [1.29, 1.82) is 0 Å². The number of rotatable bonds is 5. The summed E-state index contributed by atoms with van der Waals surface area (Å²) < 4.78 is 24.6. The van der Waals surface area contributed by atoms with Crippen LogP contribution in [0.4, 0.5) is 4.39 Å². The normalized spacial score (nSPS) is 11.9. The van der Waals surface area contributed by atoms with Crippen LogP contribution < -0.4 is 15.2 Å². The number of alkyl halides is 1. The monoisotopic (exact) mass is 253 g/mol. The molecule has 1 aromatic carbocycles. The molecule has 18 heavy (non-hydrogen) atoms. The van der Waals surface area contributed by atoms with E-state index in [1.165, 1.54) is 21.0 Å². The molecule has 0 fully saturated rings. The Morgan fingerprint density at radius 3 is 2.22 bits per heavy atom. The van der Waals surface area contributed by atoms with Gasteiger partial charge in [0.05, 0.1) is 14.2 Å². The average Bonchev–Trinajstić information content (AvgIpc) is 2.33. The summed E-state index contributed by atoms with van der Waals surface area (Å²) in [7, 11) is 3.08. The maximum absolute atomic E-state index is 14.2. The Balaban J connectivity index is 3.41. The van der Waals surface area contributed by atoms with Gasteiger partial charge in [-0.1, -0.05) is 12.2 Å². The topological polar surface area (TPSA) is 44.5 Å². The fourth-order valence-electron chi connectivity index (χ4n) is 1.74. The largest absolute Gasteiger partial charge is 0.493 e. The van der Waals surface area contributed by atoms with Gasteiger partial charge in [-0.25, -0.2) is 4.39 Å². The lowest BCUT2D eigenvalue weighted by atomic mass is 9.93. The van der Waals surface area contributed by atoms with Crippen molar-refractivity contribution < 1.29 is 13.9 Å². The fraction of sp³-hybridized carbons (Fsp3) is 0.429. The van der Waals surface area contributed by atoms with E-state index in [0.29, 0.717) is 23.6 Å². The molecule has 2 N–H and O–H groups in total. The van der Waals surface area contributed by atoms with Gasteiger partial charge in [-0.15, -0.1) is 0 Å². The lowest BCUT2D eigenvalue weighted by Gasteiger charge is -2.20. The van der Waals surface area contributed by atoms with E-state index >= 15 is 0 Å². The van der Waals surface area contributed by atoms with Crippen LogP contribution in [0.2, 0.25) is 0 Å². The lowest BCUT2D eigenvalue weighted by molar-refractivity contribution is 0.220. The van der Waals surface area contributed by atoms with E-state index in [0.717, 1.165) is 5.56 Å². The van der Waals surface area contributed by atoms with E-state index in [2.05, 4.69) is 0 Å². The van der Waals surface area contributed by atoms with Crippen LogP contribution in [0.3, 0.4) is 0 Å². The third-order valence-electron chi connectivity index (χ3n) is 2.63. The smallest absolute Gasteiger partial charge is 0.161 e. The molecule has 0 aromatic heterocycles. The van der Waals surface area contributed by atoms with Gasteiger partial charge in [0.1, 0.15) is 5.67 Å². The first-order valence-electron chi connectivity index (χ1n) is 5.76. The van der Waals surface area contributed by atoms with Crippen LogP contribution in [0.1, 0.15) is 25.0 Å². The van der Waals surface area contributed by atoms with E-state index in [1.807, 2.05) is 0 Å². The van der Waals surface area contributed by atoms with Crippen molar-refractivity contribution in [3.8, 4) is 11.5 Å². The molecule has 0 aliphatic heterocycles. The molecule has 0 unspecified atom stereocenters. The standard InChI is InChI=1S/C14H20FNO2/c1-14(2,15)11-9-13(18-4)12(17-3)8-10(11)6-5-7-16/h5-6,8-9H,7,16H2,1-4H3/b6-5+. The molecule has 0 atom stereocenters. The van der Waals surface area contributed by atoms with Gasteiger partial charge in [0.15, 0.2) is 11.5 Å². The molecule has 0 aliphatic carbocycles. The molecule has 0 spiro atoms. The summed E-state index contributed by atoms with van der Waals surface area (Å²) in [6, 6.07) is 3.41. The molecule has 0 bridgehead atoms. The number of hydrogen-bond acceptors (Lipinski definition) is 3. The SMILES string of the molecule is COc1cc(/C=C/CN)c(C(C)(C)F)cc1OC. The number of methoxy groups -OCH3 is 2. The first-order chi connectivity index (χ1) is 8.43. The highest BCUT2D eigenvalue weighted by Gasteiger charge is 2.24. The highest BCUT2D eigenvalue weighted by atomic mass is 19.1. The Labute approximate surface area is 107 Å². The zero-order valence-corrected chi connectivity index (χ0v) is 11.3. The summed E-state index contributed by atoms with van der Waals surface area (Å²) in [4.78, 5) is 0. The second-order valence-electron chi connectivity index (χ2n) is 4.40. The molecule has 100 valence electrons. The third-order valence-corrected chi connectivity index (χ3v) is 2.63. The second kappa shape index (κ2) is 5.87. The molecule has 0 radical (unpaired) electrons. The molecule has 4 heteroatoms. The average molecular weight is 253 g/mol. The maximum Gasteiger partial charge on any atom is 0.161 e. The van der Waals surface area contributed by atoms with Crippen molar-refractivity contribution in [3.05, 3.63) is 29.3 Å². The van der Waals surface area contributed by atoms with Crippen LogP contribution >= 0.6 is 0 Å². The minimum absolute atomic E-state index is 0.403. The molecule has 1 aromatic rings. The van der Waals surface area contributed by atoms with Crippen LogP contribution in [-0.2, 0) is 5.67 Å². The highest BCUT2D eigenvalue weighted by Crippen LogP contribution is 2.37. The predicted molar refractivity (Wildman–Crippen MR) is 71.8 cm³/mol. The van der Waals surface area contributed by atoms with Crippen LogP contribution in [0.5, 0.6) is 11.5 Å². The summed E-state index contributed by atoms with van der Waals surface area (Å²) in [5.41, 5.74) is 5.25. The van der Waals surface area contributed by atoms with Gasteiger partial charge in [0.25, 0.3) is 0 Å². The summed E-state index contributed by atoms with van der Waals surface area (Å²) in [6.07, 6.45) is 3.56. The minimum atomic E-state index is -1.46. The van der Waals surface area contributed by atoms with E-state index in [9.17, 15) is 4.39 Å². The van der Waals surface area contributed by atoms with Gasteiger partial charge >= 0.3 is 0 Å².